The molecule has 130 valence electrons. The molecule has 3 nitrogen and oxygen atoms in total. The third-order valence-corrected chi connectivity index (χ3v) is 12.7. The number of fused-ring (bicyclic) bond motifs is 2. The van der Waals surface area contributed by atoms with E-state index in [9.17, 15) is 8.42 Å². The molecule has 2 saturated carbocycles. The van der Waals surface area contributed by atoms with Crippen LogP contribution in [0.3, 0.4) is 0 Å². The summed E-state index contributed by atoms with van der Waals surface area (Å²) < 4.78 is 30.5. The van der Waals surface area contributed by atoms with Crippen molar-refractivity contribution >= 4 is 28.1 Å². The summed E-state index contributed by atoms with van der Waals surface area (Å²) in [7, 11) is 0.213. The van der Waals surface area contributed by atoms with Crippen molar-refractivity contribution in [3.05, 3.63) is 0 Å². The molecule has 22 heavy (non-hydrogen) atoms. The molecule has 0 aliphatic heterocycles. The molecule has 2 bridgehead atoms. The zero-order valence-corrected chi connectivity index (χ0v) is 17.6. The number of halogens is 1. The Hall–Kier alpha value is 0.417. The second-order valence-corrected chi connectivity index (χ2v) is 16.9. The molecule has 2 rings (SSSR count). The Morgan fingerprint density at radius 1 is 1.27 bits per heavy atom. The van der Waals surface area contributed by atoms with E-state index in [1.165, 1.54) is 0 Å². The SMILES string of the molecule is CC1(C)[C@@H]2CC[C@@]1(CS(=O)(=O)Cl)[C@@H](O[Si](C)(C)C(C)(C)C)C2. The first-order valence-corrected chi connectivity index (χ1v) is 13.6. The Bertz CT molecular complexity index is 550. The first kappa shape index (κ1) is 18.8. The van der Waals surface area contributed by atoms with Crippen molar-refractivity contribution in [3.8, 4) is 0 Å². The van der Waals surface area contributed by atoms with Gasteiger partial charge in [-0.05, 0) is 48.7 Å². The van der Waals surface area contributed by atoms with Gasteiger partial charge < -0.3 is 4.43 Å². The lowest BCUT2D eigenvalue weighted by molar-refractivity contribution is 0.0240. The molecule has 0 amide bonds. The van der Waals surface area contributed by atoms with Gasteiger partial charge in [0.2, 0.25) is 9.05 Å². The van der Waals surface area contributed by atoms with Crippen molar-refractivity contribution in [2.24, 2.45) is 16.7 Å². The summed E-state index contributed by atoms with van der Waals surface area (Å²) in [5, 5.41) is 0.125. The lowest BCUT2D eigenvalue weighted by atomic mass is 9.70. The van der Waals surface area contributed by atoms with Crippen LogP contribution in [0.1, 0.15) is 53.9 Å². The van der Waals surface area contributed by atoms with Crippen molar-refractivity contribution in [1.82, 2.24) is 0 Å². The normalized spacial score (nSPS) is 35.1. The molecule has 0 aromatic carbocycles. The molecule has 6 heteroatoms. The highest BCUT2D eigenvalue weighted by atomic mass is 35.7. The lowest BCUT2D eigenvalue weighted by Crippen LogP contribution is -2.51. The highest BCUT2D eigenvalue weighted by Gasteiger charge is 2.66. The van der Waals surface area contributed by atoms with Crippen molar-refractivity contribution < 1.29 is 12.8 Å². The largest absolute Gasteiger partial charge is 0.413 e. The van der Waals surface area contributed by atoms with Gasteiger partial charge in [0.05, 0.1) is 11.9 Å². The number of rotatable bonds is 4. The van der Waals surface area contributed by atoms with E-state index in [4.69, 9.17) is 15.1 Å². The van der Waals surface area contributed by atoms with Crippen LogP contribution in [-0.4, -0.2) is 28.6 Å². The van der Waals surface area contributed by atoms with Crippen LogP contribution >= 0.6 is 10.7 Å². The average Bonchev–Trinajstić information content (AvgIpc) is 2.58. The molecule has 2 aliphatic rings. The molecule has 0 saturated heterocycles. The third kappa shape index (κ3) is 2.91. The maximum absolute atomic E-state index is 11.9. The van der Waals surface area contributed by atoms with E-state index in [0.29, 0.717) is 5.92 Å². The summed E-state index contributed by atoms with van der Waals surface area (Å²) in [6, 6.07) is 0. The fourth-order valence-electron chi connectivity index (χ4n) is 4.35. The van der Waals surface area contributed by atoms with E-state index in [0.717, 1.165) is 19.3 Å². The Morgan fingerprint density at radius 3 is 2.23 bits per heavy atom. The first-order chi connectivity index (χ1) is 9.62. The smallest absolute Gasteiger partial charge is 0.233 e. The van der Waals surface area contributed by atoms with E-state index >= 15 is 0 Å². The Labute approximate surface area is 141 Å². The van der Waals surface area contributed by atoms with Crippen LogP contribution in [0.4, 0.5) is 0 Å². The van der Waals surface area contributed by atoms with Gasteiger partial charge in [0.1, 0.15) is 0 Å². The molecule has 0 spiro atoms. The fourth-order valence-corrected chi connectivity index (χ4v) is 7.63. The minimum atomic E-state index is -3.54. The molecule has 0 N–H and O–H groups in total. The van der Waals surface area contributed by atoms with Crippen LogP contribution in [0.25, 0.3) is 0 Å². The molecule has 0 radical (unpaired) electrons. The Kier molecular flexibility index (Phi) is 4.44. The van der Waals surface area contributed by atoms with Crippen LogP contribution in [-0.2, 0) is 13.5 Å². The van der Waals surface area contributed by atoms with Crippen molar-refractivity contribution in [1.29, 1.82) is 0 Å². The highest BCUT2D eigenvalue weighted by Crippen LogP contribution is 2.67. The zero-order chi connectivity index (χ0) is 17.2. The standard InChI is InChI=1S/C16H31ClO3SSi/c1-14(2,3)22(6,7)20-13-10-12-8-9-16(13,15(12,4)5)11-21(17,18)19/h12-13H,8-11H2,1-7H3/t12-,13+,16-/m1/s1. The van der Waals surface area contributed by atoms with E-state index in [1.54, 1.807) is 0 Å². The van der Waals surface area contributed by atoms with Crippen LogP contribution in [0.5, 0.6) is 0 Å². The number of hydrogen-bond donors (Lipinski definition) is 0. The van der Waals surface area contributed by atoms with Crippen LogP contribution in [0.15, 0.2) is 0 Å². The fraction of sp³-hybridized carbons (Fsp3) is 1.00. The Morgan fingerprint density at radius 2 is 1.82 bits per heavy atom. The summed E-state index contributed by atoms with van der Waals surface area (Å²) in [4.78, 5) is 0. The van der Waals surface area contributed by atoms with Crippen molar-refractivity contribution in [2.45, 2.75) is 78.1 Å². The lowest BCUT2D eigenvalue weighted by Gasteiger charge is -2.47. The van der Waals surface area contributed by atoms with Crippen LogP contribution < -0.4 is 0 Å². The summed E-state index contributed by atoms with van der Waals surface area (Å²) >= 11 is 0. The van der Waals surface area contributed by atoms with Crippen LogP contribution in [0, 0.1) is 16.7 Å². The monoisotopic (exact) mass is 366 g/mol. The summed E-state index contributed by atoms with van der Waals surface area (Å²) in [6.07, 6.45) is 3.01. The molecule has 0 aromatic rings. The summed E-state index contributed by atoms with van der Waals surface area (Å²) in [5.41, 5.74) is -0.351. The van der Waals surface area contributed by atoms with Gasteiger partial charge in [0.25, 0.3) is 0 Å². The average molecular weight is 367 g/mol. The molecule has 2 fully saturated rings. The summed E-state index contributed by atoms with van der Waals surface area (Å²) in [6.45, 7) is 15.6. The first-order valence-electron chi connectivity index (χ1n) is 8.23. The second-order valence-electron chi connectivity index (χ2n) is 9.40. The predicted molar refractivity (Wildman–Crippen MR) is 95.3 cm³/mol. The molecule has 0 aromatic heterocycles. The third-order valence-electron chi connectivity index (χ3n) is 7.03. The predicted octanol–water partition coefficient (Wildman–Crippen LogP) is 4.77. The molecular weight excluding hydrogens is 336 g/mol. The van der Waals surface area contributed by atoms with Gasteiger partial charge in [-0.3, -0.25) is 0 Å². The van der Waals surface area contributed by atoms with E-state index in [-0.39, 0.29) is 27.7 Å². The highest BCUT2D eigenvalue weighted by molar-refractivity contribution is 8.13. The topological polar surface area (TPSA) is 43.4 Å². The maximum Gasteiger partial charge on any atom is 0.233 e. The van der Waals surface area contributed by atoms with Crippen molar-refractivity contribution in [3.63, 3.8) is 0 Å². The van der Waals surface area contributed by atoms with Gasteiger partial charge >= 0.3 is 0 Å². The van der Waals surface area contributed by atoms with E-state index in [1.807, 2.05) is 0 Å². The van der Waals surface area contributed by atoms with Gasteiger partial charge in [0.15, 0.2) is 8.32 Å². The van der Waals surface area contributed by atoms with Crippen LogP contribution in [0.2, 0.25) is 18.1 Å². The summed E-state index contributed by atoms with van der Waals surface area (Å²) in [5.74, 6) is 0.588. The van der Waals surface area contributed by atoms with Gasteiger partial charge in [-0.1, -0.05) is 34.6 Å². The minimum Gasteiger partial charge on any atom is -0.413 e. The zero-order valence-electron chi connectivity index (χ0n) is 15.0. The molecule has 0 unspecified atom stereocenters. The maximum atomic E-state index is 11.9. The van der Waals surface area contributed by atoms with Gasteiger partial charge in [-0.15, -0.1) is 0 Å². The van der Waals surface area contributed by atoms with E-state index < -0.39 is 17.4 Å². The van der Waals surface area contributed by atoms with E-state index in [2.05, 4.69) is 47.7 Å². The molecule has 3 atom stereocenters. The Balaban J connectivity index is 2.37. The van der Waals surface area contributed by atoms with Gasteiger partial charge in [0, 0.05) is 16.1 Å². The molecule has 2 aliphatic carbocycles. The number of hydrogen-bond acceptors (Lipinski definition) is 3. The van der Waals surface area contributed by atoms with Gasteiger partial charge in [-0.25, -0.2) is 8.42 Å². The second kappa shape index (κ2) is 5.20. The molecule has 0 heterocycles. The molecular formula is C16H31ClO3SSi. The van der Waals surface area contributed by atoms with Gasteiger partial charge in [-0.2, -0.15) is 0 Å². The quantitative estimate of drug-likeness (QED) is 0.531. The minimum absolute atomic E-state index is 0.0238. The van der Waals surface area contributed by atoms with Crippen molar-refractivity contribution in [2.75, 3.05) is 5.75 Å².